The van der Waals surface area contributed by atoms with Gasteiger partial charge in [-0.1, -0.05) is 36.4 Å². The maximum Gasteiger partial charge on any atom is 0.417 e. The van der Waals surface area contributed by atoms with E-state index in [1.54, 1.807) is 0 Å². The van der Waals surface area contributed by atoms with Crippen molar-refractivity contribution in [3.8, 4) is 11.1 Å². The van der Waals surface area contributed by atoms with Crippen molar-refractivity contribution in [2.75, 3.05) is 0 Å². The number of halogens is 9. The van der Waals surface area contributed by atoms with Crippen LogP contribution < -0.4 is 0 Å². The first kappa shape index (κ1) is 18.2. The molecule has 0 aromatic heterocycles. The van der Waals surface area contributed by atoms with Crippen LogP contribution in [0.2, 0.25) is 0 Å². The van der Waals surface area contributed by atoms with E-state index < -0.39 is 40.8 Å². The lowest BCUT2D eigenvalue weighted by Gasteiger charge is -2.23. The predicted molar refractivity (Wildman–Crippen MR) is 66.9 cm³/mol. The van der Waals surface area contributed by atoms with Crippen LogP contribution in [0.15, 0.2) is 42.5 Å². The highest BCUT2D eigenvalue weighted by Crippen LogP contribution is 2.49. The van der Waals surface area contributed by atoms with Gasteiger partial charge in [0.2, 0.25) is 0 Å². The minimum atomic E-state index is -5.83. The minimum Gasteiger partial charge on any atom is -0.166 e. The number of hydrogen-bond donors (Lipinski definition) is 0. The van der Waals surface area contributed by atoms with Crippen molar-refractivity contribution < 1.29 is 39.5 Å². The molecule has 2 rings (SSSR count). The molecule has 9 heteroatoms. The zero-order chi connectivity index (χ0) is 18.3. The lowest BCUT2D eigenvalue weighted by Crippen LogP contribution is -2.23. The Hall–Kier alpha value is -2.19. The monoisotopic (exact) mass is 358 g/mol. The fraction of sp³-hybridized carbons (Fsp3) is 0.200. The summed E-state index contributed by atoms with van der Waals surface area (Å²) in [5.74, 6) is 0. The van der Waals surface area contributed by atoms with Gasteiger partial charge in [0.15, 0.2) is 0 Å². The molecule has 0 saturated heterocycles. The van der Waals surface area contributed by atoms with Gasteiger partial charge in [-0.3, -0.25) is 0 Å². The highest BCUT2D eigenvalue weighted by atomic mass is 19.4. The molecule has 0 saturated carbocycles. The van der Waals surface area contributed by atoms with Crippen LogP contribution in [-0.2, 0) is 18.5 Å². The van der Waals surface area contributed by atoms with Gasteiger partial charge in [0.1, 0.15) is 0 Å². The van der Waals surface area contributed by atoms with Crippen LogP contribution in [0.3, 0.4) is 0 Å². The van der Waals surface area contributed by atoms with E-state index in [0.717, 1.165) is 12.1 Å². The molecule has 0 nitrogen and oxygen atoms in total. The van der Waals surface area contributed by atoms with E-state index in [9.17, 15) is 39.5 Å². The molecule has 0 heterocycles. The molecular formula is C15H7F9. The van der Waals surface area contributed by atoms with Crippen molar-refractivity contribution in [3.63, 3.8) is 0 Å². The van der Waals surface area contributed by atoms with Crippen molar-refractivity contribution >= 4 is 0 Å². The van der Waals surface area contributed by atoms with Crippen LogP contribution in [-0.4, -0.2) is 0 Å². The topological polar surface area (TPSA) is 0 Å². The Kier molecular flexibility index (Phi) is 4.32. The number of hydrogen-bond acceptors (Lipinski definition) is 0. The summed E-state index contributed by atoms with van der Waals surface area (Å²) < 4.78 is 117. The van der Waals surface area contributed by atoms with Gasteiger partial charge in [-0.05, 0) is 17.2 Å². The van der Waals surface area contributed by atoms with Crippen LogP contribution in [0, 0.1) is 0 Å². The Morgan fingerprint density at radius 1 is 0.500 bits per heavy atom. The lowest BCUT2D eigenvalue weighted by atomic mass is 9.90. The first-order valence-corrected chi connectivity index (χ1v) is 6.27. The first-order valence-electron chi connectivity index (χ1n) is 6.27. The van der Waals surface area contributed by atoms with Gasteiger partial charge in [-0.15, -0.1) is 0 Å². The average molecular weight is 358 g/mol. The number of benzene rings is 2. The smallest absolute Gasteiger partial charge is 0.166 e. The van der Waals surface area contributed by atoms with Crippen LogP contribution in [0.25, 0.3) is 11.1 Å². The van der Waals surface area contributed by atoms with Gasteiger partial charge in [0.25, 0.3) is 0 Å². The SMILES string of the molecule is FC(F)(F)c1ccc(-c2ccccc2)c(C(F)(F)F)c1C(F)(F)F. The fourth-order valence-corrected chi connectivity index (χ4v) is 2.29. The summed E-state index contributed by atoms with van der Waals surface area (Å²) in [6.45, 7) is 0. The van der Waals surface area contributed by atoms with Crippen LogP contribution in [0.5, 0.6) is 0 Å². The Labute approximate surface area is 129 Å². The van der Waals surface area contributed by atoms with Gasteiger partial charge >= 0.3 is 18.5 Å². The molecule has 0 fully saturated rings. The molecule has 0 aliphatic rings. The van der Waals surface area contributed by atoms with Crippen LogP contribution in [0.4, 0.5) is 39.5 Å². The molecule has 2 aromatic carbocycles. The zero-order valence-corrected chi connectivity index (χ0v) is 11.4. The van der Waals surface area contributed by atoms with Crippen molar-refractivity contribution in [2.24, 2.45) is 0 Å². The molecule has 130 valence electrons. The van der Waals surface area contributed by atoms with Gasteiger partial charge in [0, 0.05) is 0 Å². The third kappa shape index (κ3) is 3.49. The maximum absolute atomic E-state index is 13.2. The van der Waals surface area contributed by atoms with E-state index >= 15 is 0 Å². The second-order valence-corrected chi connectivity index (χ2v) is 4.77. The van der Waals surface area contributed by atoms with Crippen molar-refractivity contribution in [1.29, 1.82) is 0 Å². The van der Waals surface area contributed by atoms with Gasteiger partial charge in [-0.25, -0.2) is 0 Å². The lowest BCUT2D eigenvalue weighted by molar-refractivity contribution is -0.174. The predicted octanol–water partition coefficient (Wildman–Crippen LogP) is 6.41. The highest BCUT2D eigenvalue weighted by Gasteiger charge is 2.51. The summed E-state index contributed by atoms with van der Waals surface area (Å²) in [6.07, 6.45) is -17.0. The third-order valence-corrected chi connectivity index (χ3v) is 3.16. The number of rotatable bonds is 1. The van der Waals surface area contributed by atoms with Crippen molar-refractivity contribution in [1.82, 2.24) is 0 Å². The first-order chi connectivity index (χ1) is 10.8. The molecule has 0 atom stereocenters. The van der Waals surface area contributed by atoms with Gasteiger partial charge in [0.05, 0.1) is 16.7 Å². The van der Waals surface area contributed by atoms with E-state index in [1.807, 2.05) is 0 Å². The molecule has 24 heavy (non-hydrogen) atoms. The molecule has 0 N–H and O–H groups in total. The second-order valence-electron chi connectivity index (χ2n) is 4.77. The summed E-state index contributed by atoms with van der Waals surface area (Å²) in [5.41, 5.74) is -8.70. The Morgan fingerprint density at radius 2 is 1.00 bits per heavy atom. The van der Waals surface area contributed by atoms with E-state index in [2.05, 4.69) is 0 Å². The maximum atomic E-state index is 13.2. The van der Waals surface area contributed by atoms with Crippen molar-refractivity contribution in [2.45, 2.75) is 18.5 Å². The standard InChI is InChI=1S/C15H7F9/c16-13(17,18)10-7-6-9(8-4-2-1-3-5-8)11(14(19,20)21)12(10)15(22,23)24/h1-7H. The Morgan fingerprint density at radius 3 is 1.42 bits per heavy atom. The van der Waals surface area contributed by atoms with Crippen LogP contribution >= 0.6 is 0 Å². The van der Waals surface area contributed by atoms with E-state index in [4.69, 9.17) is 0 Å². The van der Waals surface area contributed by atoms with Gasteiger partial charge < -0.3 is 0 Å². The van der Waals surface area contributed by atoms with Crippen LogP contribution in [0.1, 0.15) is 16.7 Å². The van der Waals surface area contributed by atoms with E-state index in [0.29, 0.717) is 6.07 Å². The molecule has 0 amide bonds. The molecule has 0 unspecified atom stereocenters. The highest BCUT2D eigenvalue weighted by molar-refractivity contribution is 5.71. The largest absolute Gasteiger partial charge is 0.417 e. The summed E-state index contributed by atoms with van der Waals surface area (Å²) >= 11 is 0. The molecule has 0 aliphatic heterocycles. The molecular weight excluding hydrogens is 351 g/mol. The number of alkyl halides is 9. The molecule has 0 spiro atoms. The van der Waals surface area contributed by atoms with E-state index in [1.165, 1.54) is 18.2 Å². The Bertz CT molecular complexity index is 722. The molecule has 0 bridgehead atoms. The fourth-order valence-electron chi connectivity index (χ4n) is 2.29. The summed E-state index contributed by atoms with van der Waals surface area (Å²) in [4.78, 5) is 0. The normalized spacial score (nSPS) is 13.2. The van der Waals surface area contributed by atoms with Gasteiger partial charge in [-0.2, -0.15) is 39.5 Å². The summed E-state index contributed by atoms with van der Waals surface area (Å²) in [5, 5.41) is 0. The van der Waals surface area contributed by atoms with Crippen molar-refractivity contribution in [3.05, 3.63) is 59.2 Å². The third-order valence-electron chi connectivity index (χ3n) is 3.16. The quantitative estimate of drug-likeness (QED) is 0.517. The van der Waals surface area contributed by atoms with E-state index in [-0.39, 0.29) is 11.6 Å². The summed E-state index contributed by atoms with van der Waals surface area (Å²) in [7, 11) is 0. The Balaban J connectivity index is 2.96. The molecule has 2 aromatic rings. The average Bonchev–Trinajstić information content (AvgIpc) is 2.44. The molecule has 0 aliphatic carbocycles. The zero-order valence-electron chi connectivity index (χ0n) is 11.4. The summed E-state index contributed by atoms with van der Waals surface area (Å²) in [6, 6.07) is 6.51. The second kappa shape index (κ2) is 5.71. The minimum absolute atomic E-state index is 0.0143. The molecule has 0 radical (unpaired) electrons.